The molecule has 0 amide bonds. The fraction of sp³-hybridized carbons (Fsp3) is 0.500. The van der Waals surface area contributed by atoms with Gasteiger partial charge in [0, 0.05) is 24.5 Å². The van der Waals surface area contributed by atoms with Gasteiger partial charge in [-0.25, -0.2) is 0 Å². The van der Waals surface area contributed by atoms with Gasteiger partial charge in [0.2, 0.25) is 0 Å². The van der Waals surface area contributed by atoms with E-state index in [-0.39, 0.29) is 23.8 Å². The zero-order chi connectivity index (χ0) is 17.3. The number of carbonyl (C=O) groups excluding carboxylic acids is 1. The number of rotatable bonds is 4. The second-order valence-corrected chi connectivity index (χ2v) is 7.96. The molecule has 2 bridgehead atoms. The lowest BCUT2D eigenvalue weighted by Crippen LogP contribution is -2.50. The van der Waals surface area contributed by atoms with Crippen LogP contribution < -0.4 is 0 Å². The standard InChI is InChI=1S/C18H20Cl2INO2/c1-24-18(23)17-13(11-3-5-14(19)15(20)9-11)10-12-4-6-16(17)22(12)8-2-7-21/h2-3,5,7,9,12-13,16-17H,4,6,8,10H2,1H3/b7-2+/t12-,13+,16+,17-/m0/s1/i21-4. The number of carbonyl (C=O) groups is 1. The van der Waals surface area contributed by atoms with Gasteiger partial charge in [0.15, 0.2) is 0 Å². The third-order valence-corrected chi connectivity index (χ3v) is 6.56. The Balaban J connectivity index is 1.94. The molecule has 2 saturated heterocycles. The first kappa shape index (κ1) is 18.5. The van der Waals surface area contributed by atoms with E-state index in [2.05, 4.69) is 33.6 Å². The maximum atomic E-state index is 12.6. The Hall–Kier alpha value is -0.300. The van der Waals surface area contributed by atoms with E-state index in [1.807, 2.05) is 22.3 Å². The van der Waals surface area contributed by atoms with Gasteiger partial charge in [-0.05, 0) is 41.0 Å². The lowest BCUT2D eigenvalue weighted by Gasteiger charge is -2.43. The van der Waals surface area contributed by atoms with Crippen molar-refractivity contribution in [1.29, 1.82) is 0 Å². The first-order valence-electron chi connectivity index (χ1n) is 8.10. The van der Waals surface area contributed by atoms with Crippen LogP contribution >= 0.6 is 45.8 Å². The van der Waals surface area contributed by atoms with Crippen LogP contribution in [0.1, 0.15) is 30.7 Å². The van der Waals surface area contributed by atoms with Crippen LogP contribution in [0.2, 0.25) is 10.0 Å². The first-order chi connectivity index (χ1) is 11.6. The summed E-state index contributed by atoms with van der Waals surface area (Å²) < 4.78 is 7.19. The van der Waals surface area contributed by atoms with Crippen molar-refractivity contribution >= 4 is 51.8 Å². The van der Waals surface area contributed by atoms with Gasteiger partial charge in [0.05, 0.1) is 23.1 Å². The SMILES string of the molecule is COC(=O)[C@H]1[C@@H](c2ccc(Cl)c(Cl)c2)C[C@@H]2CC[C@H]1N2C/C=C/[123I]. The fourth-order valence-electron chi connectivity index (χ4n) is 4.30. The summed E-state index contributed by atoms with van der Waals surface area (Å²) in [4.78, 5) is 15.0. The predicted octanol–water partition coefficient (Wildman–Crippen LogP) is 5.05. The maximum Gasteiger partial charge on any atom is 0.310 e. The second kappa shape index (κ2) is 7.94. The van der Waals surface area contributed by atoms with E-state index in [4.69, 9.17) is 27.9 Å². The zero-order valence-corrected chi connectivity index (χ0v) is 17.1. The number of hydrogen-bond donors (Lipinski definition) is 0. The van der Waals surface area contributed by atoms with Crippen LogP contribution in [-0.4, -0.2) is 36.6 Å². The monoisotopic (exact) mass is 475 g/mol. The zero-order valence-electron chi connectivity index (χ0n) is 13.4. The smallest absolute Gasteiger partial charge is 0.310 e. The van der Waals surface area contributed by atoms with Gasteiger partial charge in [-0.15, -0.1) is 0 Å². The molecule has 0 unspecified atom stereocenters. The molecule has 4 atom stereocenters. The molecule has 6 heteroatoms. The summed E-state index contributed by atoms with van der Waals surface area (Å²) in [6.07, 6.45) is 5.27. The molecule has 130 valence electrons. The van der Waals surface area contributed by atoms with Crippen LogP contribution in [0.25, 0.3) is 0 Å². The third-order valence-electron chi connectivity index (χ3n) is 5.32. The van der Waals surface area contributed by atoms with Crippen molar-refractivity contribution in [3.63, 3.8) is 0 Å². The number of halogens is 3. The number of esters is 1. The highest BCUT2D eigenvalue weighted by atomic mass is 123. The molecule has 3 nitrogen and oxygen atoms in total. The minimum absolute atomic E-state index is 0.125. The molecule has 0 aromatic heterocycles. The highest BCUT2D eigenvalue weighted by Gasteiger charge is 2.50. The van der Waals surface area contributed by atoms with E-state index in [1.165, 1.54) is 7.11 Å². The van der Waals surface area contributed by atoms with Crippen molar-refractivity contribution in [2.24, 2.45) is 5.92 Å². The normalized spacial score (nSPS) is 30.0. The van der Waals surface area contributed by atoms with Crippen molar-refractivity contribution in [3.05, 3.63) is 44.0 Å². The highest BCUT2D eigenvalue weighted by Crippen LogP contribution is 2.48. The van der Waals surface area contributed by atoms with Crippen molar-refractivity contribution in [2.75, 3.05) is 13.7 Å². The summed E-state index contributed by atoms with van der Waals surface area (Å²) in [5, 5.41) is 1.09. The van der Waals surface area contributed by atoms with Crippen LogP contribution in [0.5, 0.6) is 0 Å². The lowest BCUT2D eigenvalue weighted by molar-refractivity contribution is -0.150. The van der Waals surface area contributed by atoms with Gasteiger partial charge < -0.3 is 4.74 Å². The molecule has 1 aromatic rings. The molecule has 0 N–H and O–H groups in total. The first-order valence-corrected chi connectivity index (χ1v) is 10.1. The van der Waals surface area contributed by atoms with E-state index in [9.17, 15) is 4.79 Å². The molecule has 3 rings (SSSR count). The molecule has 2 fully saturated rings. The number of benzene rings is 1. The molecule has 2 heterocycles. The van der Waals surface area contributed by atoms with Crippen LogP contribution in [0.4, 0.5) is 0 Å². The molecule has 0 aliphatic carbocycles. The van der Waals surface area contributed by atoms with Crippen LogP contribution in [0, 0.1) is 5.92 Å². The minimum atomic E-state index is -0.159. The van der Waals surface area contributed by atoms with Gasteiger partial charge in [-0.1, -0.05) is 57.9 Å². The van der Waals surface area contributed by atoms with Crippen LogP contribution in [0.15, 0.2) is 28.4 Å². The Bertz CT molecular complexity index is 652. The Labute approximate surface area is 166 Å². The molecule has 0 spiro atoms. The Kier molecular flexibility index (Phi) is 6.11. The number of methoxy groups -OCH3 is 1. The van der Waals surface area contributed by atoms with Crippen LogP contribution in [0.3, 0.4) is 0 Å². The second-order valence-electron chi connectivity index (χ2n) is 6.42. The summed E-state index contributed by atoms with van der Waals surface area (Å²) in [5.74, 6) is -0.155. The average Bonchev–Trinajstić information content (AvgIpc) is 2.86. The molecule has 1 aromatic carbocycles. The minimum Gasteiger partial charge on any atom is -0.469 e. The summed E-state index contributed by atoms with van der Waals surface area (Å²) in [6, 6.07) is 6.45. The molecular formula is C18H20Cl2INO2. The van der Waals surface area contributed by atoms with Crippen molar-refractivity contribution in [3.8, 4) is 0 Å². The largest absolute Gasteiger partial charge is 0.469 e. The summed E-state index contributed by atoms with van der Waals surface area (Å²) in [6.45, 7) is 0.889. The van der Waals surface area contributed by atoms with Crippen molar-refractivity contribution < 1.29 is 9.53 Å². The van der Waals surface area contributed by atoms with E-state index >= 15 is 0 Å². The van der Waals surface area contributed by atoms with Gasteiger partial charge >= 0.3 is 5.97 Å². The summed E-state index contributed by atoms with van der Waals surface area (Å²) >= 11 is 14.5. The van der Waals surface area contributed by atoms with Gasteiger partial charge in [-0.2, -0.15) is 0 Å². The number of piperidine rings is 1. The van der Waals surface area contributed by atoms with Crippen molar-refractivity contribution in [1.82, 2.24) is 4.90 Å². The number of nitrogens with zero attached hydrogens (tertiary/aromatic N) is 1. The molecule has 0 saturated carbocycles. The summed E-state index contributed by atoms with van der Waals surface area (Å²) in [7, 11) is 1.48. The predicted molar refractivity (Wildman–Crippen MR) is 106 cm³/mol. The quantitative estimate of drug-likeness (QED) is 0.450. The Morgan fingerprint density at radius 1 is 1.38 bits per heavy atom. The van der Waals surface area contributed by atoms with E-state index in [0.717, 1.165) is 31.4 Å². The number of fused-ring (bicyclic) bond motifs is 2. The van der Waals surface area contributed by atoms with E-state index < -0.39 is 0 Å². The molecule has 0 radical (unpaired) electrons. The Morgan fingerprint density at radius 2 is 2.17 bits per heavy atom. The summed E-state index contributed by atoms with van der Waals surface area (Å²) in [5.41, 5.74) is 1.08. The third kappa shape index (κ3) is 3.48. The molecule has 2 aliphatic heterocycles. The molecule has 24 heavy (non-hydrogen) atoms. The van der Waals surface area contributed by atoms with Gasteiger partial charge in [0.25, 0.3) is 0 Å². The van der Waals surface area contributed by atoms with Crippen molar-refractivity contribution in [2.45, 2.75) is 37.3 Å². The topological polar surface area (TPSA) is 29.5 Å². The van der Waals surface area contributed by atoms with Gasteiger partial charge in [-0.3, -0.25) is 9.69 Å². The maximum absolute atomic E-state index is 12.6. The van der Waals surface area contributed by atoms with Gasteiger partial charge in [0.1, 0.15) is 0 Å². The van der Waals surface area contributed by atoms with E-state index in [1.54, 1.807) is 0 Å². The number of hydrogen-bond acceptors (Lipinski definition) is 3. The molecule has 2 aliphatic rings. The average molecular weight is 476 g/mol. The number of ether oxygens (including phenoxy) is 1. The highest BCUT2D eigenvalue weighted by molar-refractivity contribution is 14.1. The van der Waals surface area contributed by atoms with Crippen LogP contribution in [-0.2, 0) is 9.53 Å². The Morgan fingerprint density at radius 3 is 2.83 bits per heavy atom. The lowest BCUT2D eigenvalue weighted by atomic mass is 9.76. The van der Waals surface area contributed by atoms with E-state index in [0.29, 0.717) is 16.1 Å². The fourth-order valence-corrected chi connectivity index (χ4v) is 4.84. The molecular weight excluding hydrogens is 456 g/mol.